The molecule has 1 unspecified atom stereocenters. The highest BCUT2D eigenvalue weighted by Crippen LogP contribution is 2.21. The number of halogens is 1. The molecule has 2 heterocycles. The highest BCUT2D eigenvalue weighted by molar-refractivity contribution is 5.76. The molecule has 3 aromatic rings. The fraction of sp³-hybridized carbons (Fsp3) is 0.316. The Morgan fingerprint density at radius 1 is 1.19 bits per heavy atom. The zero-order chi connectivity index (χ0) is 18.8. The van der Waals surface area contributed by atoms with Crippen LogP contribution in [-0.2, 0) is 11.3 Å². The molecule has 1 N–H and O–H groups in total. The van der Waals surface area contributed by atoms with Gasteiger partial charge in [0.15, 0.2) is 0 Å². The van der Waals surface area contributed by atoms with E-state index in [4.69, 9.17) is 0 Å². The third kappa shape index (κ3) is 3.51. The van der Waals surface area contributed by atoms with Gasteiger partial charge in [0.05, 0.1) is 17.8 Å². The number of carbonyl (C=O) groups is 1. The van der Waals surface area contributed by atoms with E-state index in [-0.39, 0.29) is 35.9 Å². The molecule has 1 aromatic carbocycles. The summed E-state index contributed by atoms with van der Waals surface area (Å²) in [7, 11) is 0. The van der Waals surface area contributed by atoms with Crippen LogP contribution in [0.25, 0.3) is 5.52 Å². The molecular formula is C19H21FN4O2. The summed E-state index contributed by atoms with van der Waals surface area (Å²) in [6.07, 6.45) is 1.56. The van der Waals surface area contributed by atoms with Crippen LogP contribution in [0.4, 0.5) is 4.39 Å². The number of fused-ring (bicyclic) bond motifs is 1. The van der Waals surface area contributed by atoms with E-state index in [0.29, 0.717) is 5.52 Å². The van der Waals surface area contributed by atoms with Gasteiger partial charge in [0.1, 0.15) is 12.4 Å². The van der Waals surface area contributed by atoms with Gasteiger partial charge in [-0.2, -0.15) is 5.10 Å². The molecule has 6 nitrogen and oxygen atoms in total. The lowest BCUT2D eigenvalue weighted by Crippen LogP contribution is -2.39. The van der Waals surface area contributed by atoms with E-state index < -0.39 is 0 Å². The second-order valence-corrected chi connectivity index (χ2v) is 6.66. The van der Waals surface area contributed by atoms with Crippen molar-refractivity contribution in [1.82, 2.24) is 19.5 Å². The van der Waals surface area contributed by atoms with Gasteiger partial charge in [0.2, 0.25) is 5.91 Å². The van der Waals surface area contributed by atoms with Gasteiger partial charge in [-0.15, -0.1) is 0 Å². The van der Waals surface area contributed by atoms with Crippen molar-refractivity contribution in [2.24, 2.45) is 5.92 Å². The number of nitrogens with zero attached hydrogens (tertiary/aromatic N) is 3. The number of aryl methyl sites for hydroxylation is 1. The summed E-state index contributed by atoms with van der Waals surface area (Å²) in [5.74, 6) is -0.552. The average molecular weight is 356 g/mol. The van der Waals surface area contributed by atoms with Crippen LogP contribution in [0, 0.1) is 18.7 Å². The number of rotatable bonds is 5. The Hall–Kier alpha value is -2.96. The molecule has 3 rings (SSSR count). The van der Waals surface area contributed by atoms with Crippen LogP contribution in [0.5, 0.6) is 0 Å². The van der Waals surface area contributed by atoms with Crippen LogP contribution >= 0.6 is 0 Å². The molecular weight excluding hydrogens is 335 g/mol. The standard InChI is InChI=1S/C19H21FN4O2/c1-12(2)18(14-5-7-15(20)8-6-14)22-17(25)11-23-19(26)24-13(3)4-9-16(24)10-21-23/h4-10,12,18H,11H2,1-3H3,(H,22,25). The normalized spacial score (nSPS) is 12.5. The van der Waals surface area contributed by atoms with Crippen LogP contribution in [0.15, 0.2) is 47.4 Å². The molecule has 0 saturated carbocycles. The summed E-state index contributed by atoms with van der Waals surface area (Å²) in [6, 6.07) is 9.39. The molecule has 1 atom stereocenters. The molecule has 136 valence electrons. The van der Waals surface area contributed by atoms with Gasteiger partial charge < -0.3 is 5.32 Å². The molecule has 26 heavy (non-hydrogen) atoms. The third-order valence-corrected chi connectivity index (χ3v) is 4.35. The van der Waals surface area contributed by atoms with Crippen molar-refractivity contribution in [3.63, 3.8) is 0 Å². The Bertz CT molecular complexity index is 989. The first-order valence-electron chi connectivity index (χ1n) is 8.46. The molecule has 0 saturated heterocycles. The Morgan fingerprint density at radius 2 is 1.88 bits per heavy atom. The summed E-state index contributed by atoms with van der Waals surface area (Å²) in [4.78, 5) is 25.0. The number of aromatic nitrogens is 3. The van der Waals surface area contributed by atoms with Crippen molar-refractivity contribution >= 4 is 11.4 Å². The summed E-state index contributed by atoms with van der Waals surface area (Å²) < 4.78 is 15.8. The van der Waals surface area contributed by atoms with Crippen molar-refractivity contribution in [3.8, 4) is 0 Å². The molecule has 0 aliphatic heterocycles. The Morgan fingerprint density at radius 3 is 2.54 bits per heavy atom. The summed E-state index contributed by atoms with van der Waals surface area (Å²) in [6.45, 7) is 5.57. The highest BCUT2D eigenvalue weighted by Gasteiger charge is 2.19. The van der Waals surface area contributed by atoms with Gasteiger partial charge in [-0.05, 0) is 42.7 Å². The molecule has 0 aliphatic rings. The number of carbonyl (C=O) groups excluding carboxylic acids is 1. The Labute approximate surface area is 150 Å². The van der Waals surface area contributed by atoms with Gasteiger partial charge in [0, 0.05) is 5.69 Å². The first-order valence-corrected chi connectivity index (χ1v) is 8.46. The number of benzene rings is 1. The SMILES string of the molecule is Cc1ccc2cnn(CC(=O)NC(c3ccc(F)cc3)C(C)C)c(=O)n12. The Kier molecular flexibility index (Phi) is 4.88. The quantitative estimate of drug-likeness (QED) is 0.764. The van der Waals surface area contributed by atoms with E-state index in [1.54, 1.807) is 24.4 Å². The molecule has 0 aliphatic carbocycles. The number of hydrogen-bond acceptors (Lipinski definition) is 3. The maximum atomic E-state index is 13.1. The number of nitrogens with one attached hydrogen (secondary N) is 1. The van der Waals surface area contributed by atoms with Crippen LogP contribution in [0.1, 0.15) is 31.1 Å². The van der Waals surface area contributed by atoms with Crippen LogP contribution in [-0.4, -0.2) is 20.1 Å². The molecule has 0 bridgehead atoms. The van der Waals surface area contributed by atoms with Gasteiger partial charge >= 0.3 is 5.69 Å². The minimum absolute atomic E-state index is 0.100. The van der Waals surface area contributed by atoms with E-state index >= 15 is 0 Å². The molecule has 0 radical (unpaired) electrons. The van der Waals surface area contributed by atoms with Crippen molar-refractivity contribution in [2.45, 2.75) is 33.4 Å². The van der Waals surface area contributed by atoms with E-state index in [2.05, 4.69) is 10.4 Å². The lowest BCUT2D eigenvalue weighted by molar-refractivity contribution is -0.123. The van der Waals surface area contributed by atoms with Crippen molar-refractivity contribution in [1.29, 1.82) is 0 Å². The summed E-state index contributed by atoms with van der Waals surface area (Å²) in [5.41, 5.74) is 1.93. The molecule has 0 fully saturated rings. The first-order chi connectivity index (χ1) is 12.4. The maximum absolute atomic E-state index is 13.1. The zero-order valence-corrected chi connectivity index (χ0v) is 14.9. The highest BCUT2D eigenvalue weighted by atomic mass is 19.1. The third-order valence-electron chi connectivity index (χ3n) is 4.35. The van der Waals surface area contributed by atoms with Gasteiger partial charge in [-0.1, -0.05) is 26.0 Å². The maximum Gasteiger partial charge on any atom is 0.349 e. The largest absolute Gasteiger partial charge is 0.349 e. The van der Waals surface area contributed by atoms with Crippen molar-refractivity contribution < 1.29 is 9.18 Å². The lowest BCUT2D eigenvalue weighted by atomic mass is 9.96. The number of hydrogen-bond donors (Lipinski definition) is 1. The van der Waals surface area contributed by atoms with E-state index in [0.717, 1.165) is 15.9 Å². The Balaban J connectivity index is 1.81. The molecule has 7 heteroatoms. The summed E-state index contributed by atoms with van der Waals surface area (Å²) in [5, 5.41) is 6.98. The van der Waals surface area contributed by atoms with Crippen molar-refractivity contribution in [3.05, 3.63) is 70.2 Å². The van der Waals surface area contributed by atoms with E-state index in [1.165, 1.54) is 16.5 Å². The monoisotopic (exact) mass is 356 g/mol. The minimum Gasteiger partial charge on any atom is -0.347 e. The first kappa shape index (κ1) is 17.8. The predicted molar refractivity (Wildman–Crippen MR) is 96.3 cm³/mol. The van der Waals surface area contributed by atoms with Crippen LogP contribution in [0.2, 0.25) is 0 Å². The van der Waals surface area contributed by atoms with Gasteiger partial charge in [-0.3, -0.25) is 9.20 Å². The molecule has 1 amide bonds. The molecule has 2 aromatic heterocycles. The summed E-state index contributed by atoms with van der Waals surface area (Å²) >= 11 is 0. The second-order valence-electron chi connectivity index (χ2n) is 6.66. The van der Waals surface area contributed by atoms with Crippen LogP contribution in [0.3, 0.4) is 0 Å². The fourth-order valence-corrected chi connectivity index (χ4v) is 2.98. The minimum atomic E-state index is -0.358. The topological polar surface area (TPSA) is 68.4 Å². The molecule has 0 spiro atoms. The van der Waals surface area contributed by atoms with Gasteiger partial charge in [0.25, 0.3) is 0 Å². The lowest BCUT2D eigenvalue weighted by Gasteiger charge is -2.23. The van der Waals surface area contributed by atoms with Crippen LogP contribution < -0.4 is 11.0 Å². The average Bonchev–Trinajstić information content (AvgIpc) is 2.98. The predicted octanol–water partition coefficient (Wildman–Crippen LogP) is 2.46. The second kappa shape index (κ2) is 7.11. The smallest absolute Gasteiger partial charge is 0.347 e. The fourth-order valence-electron chi connectivity index (χ4n) is 2.98. The van der Waals surface area contributed by atoms with Gasteiger partial charge in [-0.25, -0.2) is 13.9 Å². The van der Waals surface area contributed by atoms with E-state index in [1.807, 2.05) is 26.8 Å². The van der Waals surface area contributed by atoms with Crippen molar-refractivity contribution in [2.75, 3.05) is 0 Å². The number of amides is 1. The van der Waals surface area contributed by atoms with E-state index in [9.17, 15) is 14.0 Å². The zero-order valence-electron chi connectivity index (χ0n) is 14.9.